The molecular formula is C23H34FNO3. The standard InChI is InChI=1S/C23H34FNO3/c1-15(2)10-18-14-25-8-6-17-11-22(27-9-5-7-24)21(26-4)12-19(17)20(25)13-23(18)16(3)28-23/h11-12,15-16,18,20H,5-10,13-14H2,1-4H3/t16-,18-,20-,23+/m1/s1. The molecule has 4 nitrogen and oxygen atoms in total. The highest BCUT2D eigenvalue weighted by atomic mass is 19.1. The largest absolute Gasteiger partial charge is 0.493 e. The predicted molar refractivity (Wildman–Crippen MR) is 108 cm³/mol. The molecular weight excluding hydrogens is 357 g/mol. The molecule has 1 spiro atoms. The number of nitrogens with zero attached hydrogens (tertiary/aromatic N) is 1. The van der Waals surface area contributed by atoms with Crippen molar-refractivity contribution in [3.8, 4) is 11.5 Å². The van der Waals surface area contributed by atoms with Gasteiger partial charge in [0.2, 0.25) is 0 Å². The van der Waals surface area contributed by atoms with Gasteiger partial charge in [0.05, 0.1) is 26.5 Å². The molecule has 2 fully saturated rings. The van der Waals surface area contributed by atoms with E-state index in [0.29, 0.717) is 37.0 Å². The van der Waals surface area contributed by atoms with E-state index in [4.69, 9.17) is 14.2 Å². The first-order valence-corrected chi connectivity index (χ1v) is 10.8. The number of hydrogen-bond donors (Lipinski definition) is 0. The molecule has 3 heterocycles. The van der Waals surface area contributed by atoms with E-state index in [2.05, 4.69) is 37.8 Å². The smallest absolute Gasteiger partial charge is 0.161 e. The van der Waals surface area contributed by atoms with E-state index in [-0.39, 0.29) is 12.3 Å². The lowest BCUT2D eigenvalue weighted by atomic mass is 9.72. The maximum atomic E-state index is 12.4. The quantitative estimate of drug-likeness (QED) is 0.504. The van der Waals surface area contributed by atoms with Crippen LogP contribution in [0, 0.1) is 11.8 Å². The van der Waals surface area contributed by atoms with Crippen LogP contribution in [0.1, 0.15) is 57.2 Å². The van der Waals surface area contributed by atoms with Gasteiger partial charge in [0.25, 0.3) is 0 Å². The van der Waals surface area contributed by atoms with Crippen LogP contribution in [0.3, 0.4) is 0 Å². The van der Waals surface area contributed by atoms with Crippen molar-refractivity contribution >= 4 is 0 Å². The van der Waals surface area contributed by atoms with Crippen LogP contribution in [-0.2, 0) is 11.2 Å². The van der Waals surface area contributed by atoms with Crippen LogP contribution < -0.4 is 9.47 Å². The molecule has 3 aliphatic rings. The minimum Gasteiger partial charge on any atom is -0.493 e. The first-order valence-electron chi connectivity index (χ1n) is 10.8. The van der Waals surface area contributed by atoms with Crippen molar-refractivity contribution in [3.63, 3.8) is 0 Å². The second kappa shape index (κ2) is 7.83. The number of fused-ring (bicyclic) bond motifs is 3. The third-order valence-corrected chi connectivity index (χ3v) is 6.87. The van der Waals surface area contributed by atoms with E-state index >= 15 is 0 Å². The van der Waals surface area contributed by atoms with E-state index in [1.807, 2.05) is 0 Å². The molecule has 0 aliphatic carbocycles. The van der Waals surface area contributed by atoms with Crippen LogP contribution in [0.25, 0.3) is 0 Å². The van der Waals surface area contributed by atoms with Gasteiger partial charge >= 0.3 is 0 Å². The van der Waals surface area contributed by atoms with Gasteiger partial charge in [0, 0.05) is 31.5 Å². The Bertz CT molecular complexity index is 709. The van der Waals surface area contributed by atoms with Gasteiger partial charge in [-0.15, -0.1) is 0 Å². The van der Waals surface area contributed by atoms with E-state index < -0.39 is 0 Å². The summed E-state index contributed by atoms with van der Waals surface area (Å²) in [6.45, 7) is 9.07. The molecule has 0 unspecified atom stereocenters. The van der Waals surface area contributed by atoms with Crippen molar-refractivity contribution < 1.29 is 18.6 Å². The molecule has 156 valence electrons. The third-order valence-electron chi connectivity index (χ3n) is 6.87. The SMILES string of the molecule is COc1cc2c(cc1OCCCF)CCN1C[C@@H](CC(C)C)[C@@]3(C[C@H]21)O[C@@H]3C. The Morgan fingerprint density at radius 3 is 2.75 bits per heavy atom. The Hall–Kier alpha value is -1.33. The van der Waals surface area contributed by atoms with Gasteiger partial charge < -0.3 is 14.2 Å². The summed E-state index contributed by atoms with van der Waals surface area (Å²) in [7, 11) is 1.68. The Kier molecular flexibility index (Phi) is 5.58. The van der Waals surface area contributed by atoms with Crippen molar-refractivity contribution in [1.29, 1.82) is 0 Å². The highest BCUT2D eigenvalue weighted by molar-refractivity contribution is 5.50. The molecule has 0 amide bonds. The number of rotatable bonds is 7. The maximum absolute atomic E-state index is 12.4. The second-order valence-electron chi connectivity index (χ2n) is 9.10. The molecule has 4 atom stereocenters. The number of epoxide rings is 1. The molecule has 1 aromatic rings. The first kappa shape index (κ1) is 20.0. The Labute approximate surface area is 168 Å². The molecule has 28 heavy (non-hydrogen) atoms. The lowest BCUT2D eigenvalue weighted by molar-refractivity contribution is 0.0223. The minimum absolute atomic E-state index is 0.0452. The Morgan fingerprint density at radius 1 is 1.32 bits per heavy atom. The van der Waals surface area contributed by atoms with E-state index in [0.717, 1.165) is 37.4 Å². The highest BCUT2D eigenvalue weighted by Crippen LogP contribution is 2.56. The summed E-state index contributed by atoms with van der Waals surface area (Å²) in [5.41, 5.74) is 2.73. The van der Waals surface area contributed by atoms with Crippen LogP contribution in [0.5, 0.6) is 11.5 Å². The minimum atomic E-state index is -0.359. The zero-order chi connectivity index (χ0) is 19.9. The summed E-state index contributed by atoms with van der Waals surface area (Å²) < 4.78 is 30.1. The number of benzene rings is 1. The van der Waals surface area contributed by atoms with Crippen LogP contribution >= 0.6 is 0 Å². The summed E-state index contributed by atoms with van der Waals surface area (Å²) >= 11 is 0. The fraction of sp³-hybridized carbons (Fsp3) is 0.739. The van der Waals surface area contributed by atoms with E-state index in [9.17, 15) is 4.39 Å². The third kappa shape index (κ3) is 3.52. The summed E-state index contributed by atoms with van der Waals surface area (Å²) in [6, 6.07) is 4.65. The van der Waals surface area contributed by atoms with E-state index in [1.165, 1.54) is 17.5 Å². The van der Waals surface area contributed by atoms with Gasteiger partial charge in [0.1, 0.15) is 5.60 Å². The average molecular weight is 392 g/mol. The highest BCUT2D eigenvalue weighted by Gasteiger charge is 2.62. The number of piperidine rings is 1. The summed E-state index contributed by atoms with van der Waals surface area (Å²) in [6.07, 6.45) is 4.07. The molecule has 0 aromatic heterocycles. The number of ether oxygens (including phenoxy) is 3. The fourth-order valence-electron chi connectivity index (χ4n) is 5.41. The number of halogens is 1. The molecule has 0 radical (unpaired) electrons. The van der Waals surface area contributed by atoms with E-state index in [1.54, 1.807) is 7.11 Å². The Morgan fingerprint density at radius 2 is 2.11 bits per heavy atom. The number of alkyl halides is 1. The van der Waals surface area contributed by atoms with Gasteiger partial charge in [-0.2, -0.15) is 0 Å². The lowest BCUT2D eigenvalue weighted by Crippen LogP contribution is -2.50. The molecule has 2 saturated heterocycles. The summed E-state index contributed by atoms with van der Waals surface area (Å²) in [5.74, 6) is 2.80. The Balaban J connectivity index is 1.60. The molecule has 0 saturated carbocycles. The molecule has 3 aliphatic heterocycles. The van der Waals surface area contributed by atoms with Crippen molar-refractivity contribution in [3.05, 3.63) is 23.3 Å². The summed E-state index contributed by atoms with van der Waals surface area (Å²) in [5, 5.41) is 0. The van der Waals surface area contributed by atoms with Gasteiger partial charge in [-0.25, -0.2) is 0 Å². The van der Waals surface area contributed by atoms with Crippen LogP contribution in [0.15, 0.2) is 12.1 Å². The normalized spacial score (nSPS) is 31.6. The molecule has 4 rings (SSSR count). The topological polar surface area (TPSA) is 34.2 Å². The monoisotopic (exact) mass is 391 g/mol. The van der Waals surface area contributed by atoms with Gasteiger partial charge in [-0.3, -0.25) is 9.29 Å². The fourth-order valence-corrected chi connectivity index (χ4v) is 5.41. The maximum Gasteiger partial charge on any atom is 0.161 e. The first-order chi connectivity index (χ1) is 13.5. The molecule has 5 heteroatoms. The van der Waals surface area contributed by atoms with Crippen LogP contribution in [0.2, 0.25) is 0 Å². The van der Waals surface area contributed by atoms with Crippen molar-refractivity contribution in [2.45, 2.75) is 64.2 Å². The molecule has 0 bridgehead atoms. The van der Waals surface area contributed by atoms with Gasteiger partial charge in [-0.1, -0.05) is 13.8 Å². The number of hydrogen-bond acceptors (Lipinski definition) is 4. The van der Waals surface area contributed by atoms with Crippen molar-refractivity contribution in [1.82, 2.24) is 4.90 Å². The zero-order valence-electron chi connectivity index (χ0n) is 17.7. The second-order valence-corrected chi connectivity index (χ2v) is 9.10. The van der Waals surface area contributed by atoms with Crippen molar-refractivity contribution in [2.24, 2.45) is 11.8 Å². The molecule has 1 aromatic carbocycles. The van der Waals surface area contributed by atoms with Gasteiger partial charge in [0.15, 0.2) is 11.5 Å². The summed E-state index contributed by atoms with van der Waals surface area (Å²) in [4.78, 5) is 2.65. The van der Waals surface area contributed by atoms with Crippen molar-refractivity contribution in [2.75, 3.05) is 33.5 Å². The lowest BCUT2D eigenvalue weighted by Gasteiger charge is -2.47. The van der Waals surface area contributed by atoms with Crippen LogP contribution in [-0.4, -0.2) is 50.1 Å². The predicted octanol–water partition coefficient (Wildman–Crippen LogP) is 4.56. The van der Waals surface area contributed by atoms with Gasteiger partial charge in [-0.05, 0) is 55.4 Å². The van der Waals surface area contributed by atoms with Crippen LogP contribution in [0.4, 0.5) is 4.39 Å². The zero-order valence-corrected chi connectivity index (χ0v) is 17.7. The molecule has 0 N–H and O–H groups in total. The number of methoxy groups -OCH3 is 1. The average Bonchev–Trinajstić information content (AvgIpc) is 3.31.